The smallest absolute Gasteiger partial charge is 0.238 e. The molecule has 2 unspecified atom stereocenters. The number of nitrogens with zero attached hydrogens (tertiary/aromatic N) is 2. The Labute approximate surface area is 116 Å². The largest absolute Gasteiger partial charge is 0.368 e. The van der Waals surface area contributed by atoms with Crippen molar-refractivity contribution in [3.63, 3.8) is 0 Å². The van der Waals surface area contributed by atoms with Crippen LogP contribution >= 0.6 is 0 Å². The summed E-state index contributed by atoms with van der Waals surface area (Å²) >= 11 is 0. The van der Waals surface area contributed by atoms with Crippen molar-refractivity contribution in [2.75, 3.05) is 40.3 Å². The molecule has 1 amide bonds. The molecule has 1 heterocycles. The van der Waals surface area contributed by atoms with Crippen LogP contribution in [0, 0.1) is 5.92 Å². The van der Waals surface area contributed by atoms with E-state index in [0.717, 1.165) is 13.1 Å². The van der Waals surface area contributed by atoms with E-state index in [2.05, 4.69) is 29.2 Å². The minimum absolute atomic E-state index is 0.241. The molecule has 2 atom stereocenters. The van der Waals surface area contributed by atoms with E-state index < -0.39 is 5.54 Å². The monoisotopic (exact) mass is 268 g/mol. The third-order valence-corrected chi connectivity index (χ3v) is 4.29. The first-order valence-corrected chi connectivity index (χ1v) is 7.34. The summed E-state index contributed by atoms with van der Waals surface area (Å²) in [7, 11) is 4.26. The molecule has 0 spiro atoms. The van der Waals surface area contributed by atoms with E-state index >= 15 is 0 Å². The first-order chi connectivity index (χ1) is 8.89. The van der Waals surface area contributed by atoms with Crippen molar-refractivity contribution in [3.8, 4) is 0 Å². The van der Waals surface area contributed by atoms with Gasteiger partial charge in [0, 0.05) is 25.7 Å². The Balaban J connectivity index is 1.83. The Morgan fingerprint density at radius 1 is 1.47 bits per heavy atom. The molecular formula is C14H28N4O. The number of carbonyl (C=O) groups excluding carboxylic acids is 1. The van der Waals surface area contributed by atoms with Crippen LogP contribution in [-0.2, 0) is 4.79 Å². The van der Waals surface area contributed by atoms with Crippen LogP contribution in [0.3, 0.4) is 0 Å². The Morgan fingerprint density at radius 2 is 2.16 bits per heavy atom. The standard InChI is InChI=1S/C14H28N4O/c1-14(13(15)19,16-12-4-5-12)10-18(3)9-11-6-7-17(2)8-11/h11-12,16H,4-10H2,1-3H3,(H2,15,19). The number of likely N-dealkylation sites (tertiary alicyclic amines) is 1. The predicted molar refractivity (Wildman–Crippen MR) is 76.9 cm³/mol. The molecule has 0 bridgehead atoms. The number of hydrogen-bond acceptors (Lipinski definition) is 4. The number of likely N-dealkylation sites (N-methyl/N-ethyl adjacent to an activating group) is 1. The first-order valence-electron chi connectivity index (χ1n) is 7.34. The Kier molecular flexibility index (Phi) is 4.48. The van der Waals surface area contributed by atoms with Gasteiger partial charge in [-0.25, -0.2) is 0 Å². The lowest BCUT2D eigenvalue weighted by molar-refractivity contribution is -0.124. The fourth-order valence-electron chi connectivity index (χ4n) is 3.09. The van der Waals surface area contributed by atoms with Gasteiger partial charge in [-0.05, 0) is 52.7 Å². The number of amides is 1. The number of nitrogens with two attached hydrogens (primary N) is 1. The molecule has 5 nitrogen and oxygen atoms in total. The van der Waals surface area contributed by atoms with Gasteiger partial charge >= 0.3 is 0 Å². The number of primary amides is 1. The maximum Gasteiger partial charge on any atom is 0.238 e. The lowest BCUT2D eigenvalue weighted by Gasteiger charge is -2.33. The van der Waals surface area contributed by atoms with Gasteiger partial charge in [-0.15, -0.1) is 0 Å². The second-order valence-electron chi connectivity index (χ2n) is 6.73. The fourth-order valence-corrected chi connectivity index (χ4v) is 3.09. The molecule has 2 rings (SSSR count). The highest BCUT2D eigenvalue weighted by Crippen LogP contribution is 2.23. The molecule has 3 N–H and O–H groups in total. The topological polar surface area (TPSA) is 61.6 Å². The van der Waals surface area contributed by atoms with Crippen molar-refractivity contribution in [2.24, 2.45) is 11.7 Å². The lowest BCUT2D eigenvalue weighted by Crippen LogP contribution is -2.60. The van der Waals surface area contributed by atoms with Crippen molar-refractivity contribution in [1.82, 2.24) is 15.1 Å². The molecule has 2 aliphatic rings. The third-order valence-electron chi connectivity index (χ3n) is 4.29. The zero-order valence-corrected chi connectivity index (χ0v) is 12.5. The summed E-state index contributed by atoms with van der Waals surface area (Å²) in [5.74, 6) is 0.475. The van der Waals surface area contributed by atoms with Gasteiger partial charge < -0.3 is 15.5 Å². The molecule has 0 aromatic carbocycles. The summed E-state index contributed by atoms with van der Waals surface area (Å²) in [6, 6.07) is 0.489. The molecule has 19 heavy (non-hydrogen) atoms. The van der Waals surface area contributed by atoms with Crippen molar-refractivity contribution < 1.29 is 4.79 Å². The van der Waals surface area contributed by atoms with E-state index in [4.69, 9.17) is 5.73 Å². The van der Waals surface area contributed by atoms with Crippen LogP contribution in [0.5, 0.6) is 0 Å². The Morgan fingerprint density at radius 3 is 2.63 bits per heavy atom. The second kappa shape index (κ2) is 5.77. The van der Waals surface area contributed by atoms with Crippen molar-refractivity contribution in [1.29, 1.82) is 0 Å². The highest BCUT2D eigenvalue weighted by Gasteiger charge is 2.38. The van der Waals surface area contributed by atoms with Gasteiger partial charge in [-0.2, -0.15) is 0 Å². The molecule has 1 saturated carbocycles. The minimum Gasteiger partial charge on any atom is -0.368 e. The Hall–Kier alpha value is -0.650. The summed E-state index contributed by atoms with van der Waals surface area (Å²) < 4.78 is 0. The highest BCUT2D eigenvalue weighted by molar-refractivity contribution is 5.84. The Bertz CT molecular complexity index is 331. The average molecular weight is 268 g/mol. The van der Waals surface area contributed by atoms with E-state index in [1.165, 1.54) is 25.8 Å². The molecule has 0 aromatic heterocycles. The van der Waals surface area contributed by atoms with Crippen LogP contribution in [0.4, 0.5) is 0 Å². The number of hydrogen-bond donors (Lipinski definition) is 2. The predicted octanol–water partition coefficient (Wildman–Crippen LogP) is -0.134. The number of nitrogens with one attached hydrogen (secondary N) is 1. The SMILES string of the molecule is CN1CCC(CN(C)CC(C)(NC2CC2)C(N)=O)C1. The summed E-state index contributed by atoms with van der Waals surface area (Å²) in [5, 5.41) is 3.40. The van der Waals surface area contributed by atoms with E-state index in [9.17, 15) is 4.79 Å². The van der Waals surface area contributed by atoms with Crippen molar-refractivity contribution in [3.05, 3.63) is 0 Å². The van der Waals surface area contributed by atoms with Crippen molar-refractivity contribution >= 4 is 5.91 Å². The molecule has 5 heteroatoms. The summed E-state index contributed by atoms with van der Waals surface area (Å²) in [6.07, 6.45) is 3.59. The van der Waals surface area contributed by atoms with Crippen LogP contribution in [0.25, 0.3) is 0 Å². The molecule has 1 saturated heterocycles. The van der Waals surface area contributed by atoms with Crippen LogP contribution in [0.1, 0.15) is 26.2 Å². The first kappa shape index (κ1) is 14.8. The fraction of sp³-hybridized carbons (Fsp3) is 0.929. The van der Waals surface area contributed by atoms with Gasteiger partial charge in [0.25, 0.3) is 0 Å². The molecule has 0 radical (unpaired) electrons. The lowest BCUT2D eigenvalue weighted by atomic mass is 9.99. The maximum absolute atomic E-state index is 11.7. The van der Waals surface area contributed by atoms with Gasteiger partial charge in [-0.3, -0.25) is 10.1 Å². The van der Waals surface area contributed by atoms with E-state index in [1.54, 1.807) is 0 Å². The summed E-state index contributed by atoms with van der Waals surface area (Å²) in [6.45, 7) is 6.02. The molecule has 1 aliphatic heterocycles. The highest BCUT2D eigenvalue weighted by atomic mass is 16.1. The van der Waals surface area contributed by atoms with Gasteiger partial charge in [0.15, 0.2) is 0 Å². The second-order valence-corrected chi connectivity index (χ2v) is 6.73. The quantitative estimate of drug-likeness (QED) is 0.675. The maximum atomic E-state index is 11.7. The van der Waals surface area contributed by atoms with Crippen molar-refractivity contribution in [2.45, 2.75) is 37.8 Å². The molecular weight excluding hydrogens is 240 g/mol. The summed E-state index contributed by atoms with van der Waals surface area (Å²) in [4.78, 5) is 16.4. The molecule has 2 fully saturated rings. The van der Waals surface area contributed by atoms with Crippen LogP contribution < -0.4 is 11.1 Å². The van der Waals surface area contributed by atoms with Crippen LogP contribution in [0.2, 0.25) is 0 Å². The van der Waals surface area contributed by atoms with Gasteiger partial charge in [-0.1, -0.05) is 0 Å². The number of rotatable bonds is 7. The molecule has 110 valence electrons. The van der Waals surface area contributed by atoms with Crippen LogP contribution in [-0.4, -0.2) is 67.6 Å². The average Bonchev–Trinajstić information content (AvgIpc) is 3.00. The zero-order valence-electron chi connectivity index (χ0n) is 12.5. The van der Waals surface area contributed by atoms with Gasteiger partial charge in [0.1, 0.15) is 5.54 Å². The third kappa shape index (κ3) is 4.16. The van der Waals surface area contributed by atoms with E-state index in [1.807, 2.05) is 6.92 Å². The zero-order chi connectivity index (χ0) is 14.0. The molecule has 0 aromatic rings. The van der Waals surface area contributed by atoms with Gasteiger partial charge in [0.05, 0.1) is 0 Å². The summed E-state index contributed by atoms with van der Waals surface area (Å²) in [5.41, 5.74) is 4.99. The normalized spacial score (nSPS) is 27.7. The number of carbonyl (C=O) groups is 1. The minimum atomic E-state index is -0.597. The van der Waals surface area contributed by atoms with E-state index in [-0.39, 0.29) is 5.91 Å². The van der Waals surface area contributed by atoms with Gasteiger partial charge in [0.2, 0.25) is 5.91 Å². The van der Waals surface area contributed by atoms with E-state index in [0.29, 0.717) is 18.5 Å². The van der Waals surface area contributed by atoms with Crippen LogP contribution in [0.15, 0.2) is 0 Å². The molecule has 1 aliphatic carbocycles.